The first-order valence-corrected chi connectivity index (χ1v) is 6.48. The molecule has 0 bridgehead atoms. The fraction of sp³-hybridized carbons (Fsp3) is 0.0769. The molecule has 0 N–H and O–H groups in total. The Balaban J connectivity index is 2.39. The third-order valence-electron chi connectivity index (χ3n) is 2.35. The zero-order chi connectivity index (χ0) is 11.5. The highest BCUT2D eigenvalue weighted by atomic mass is 79.9. The van der Waals surface area contributed by atoms with Gasteiger partial charge in [-0.3, -0.25) is 0 Å². The van der Waals surface area contributed by atoms with Crippen LogP contribution in [0.2, 0.25) is 0 Å². The molecule has 0 saturated carbocycles. The lowest BCUT2D eigenvalue weighted by atomic mass is 10.0. The summed E-state index contributed by atoms with van der Waals surface area (Å²) in [5.74, 6) is 0. The Morgan fingerprint density at radius 1 is 0.875 bits per heavy atom. The van der Waals surface area contributed by atoms with Crippen LogP contribution in [0.3, 0.4) is 0 Å². The first-order chi connectivity index (χ1) is 7.68. The lowest BCUT2D eigenvalue weighted by Gasteiger charge is -2.06. The van der Waals surface area contributed by atoms with Gasteiger partial charge in [0, 0.05) is 4.47 Å². The van der Waals surface area contributed by atoms with E-state index in [2.05, 4.69) is 22.0 Å². The van der Waals surface area contributed by atoms with Gasteiger partial charge in [0.25, 0.3) is 0 Å². The van der Waals surface area contributed by atoms with E-state index in [0.717, 1.165) is 21.2 Å². The third kappa shape index (κ3) is 2.60. The second kappa shape index (κ2) is 5.22. The average molecular weight is 316 g/mol. The molecule has 16 heavy (non-hydrogen) atoms. The van der Waals surface area contributed by atoms with Crippen molar-refractivity contribution in [2.45, 2.75) is 4.84 Å². The molecule has 0 atom stereocenters. The molecule has 0 aliphatic rings. The summed E-state index contributed by atoms with van der Waals surface area (Å²) in [4.78, 5) is -0.465. The van der Waals surface area contributed by atoms with Gasteiger partial charge in [-0.05, 0) is 22.8 Å². The van der Waals surface area contributed by atoms with Gasteiger partial charge < -0.3 is 0 Å². The van der Waals surface area contributed by atoms with Crippen LogP contribution in [-0.4, -0.2) is 0 Å². The van der Waals surface area contributed by atoms with Gasteiger partial charge in [-0.2, -0.15) is 0 Å². The maximum Gasteiger partial charge on any atom is 0.132 e. The summed E-state index contributed by atoms with van der Waals surface area (Å²) in [7, 11) is 0. The molecule has 0 amide bonds. The molecule has 2 rings (SSSR count). The van der Waals surface area contributed by atoms with E-state index >= 15 is 0 Å². The molecular weight excluding hydrogens is 307 g/mol. The highest BCUT2D eigenvalue weighted by molar-refractivity contribution is 9.10. The van der Waals surface area contributed by atoms with Crippen LogP contribution in [0.5, 0.6) is 0 Å². The fourth-order valence-electron chi connectivity index (χ4n) is 1.50. The number of halogens is 3. The normalized spacial score (nSPS) is 10.8. The Morgan fingerprint density at radius 3 is 2.06 bits per heavy atom. The van der Waals surface area contributed by atoms with Gasteiger partial charge in [-0.1, -0.05) is 58.4 Å². The molecule has 0 spiro atoms. The highest BCUT2D eigenvalue weighted by Gasteiger charge is 2.05. The van der Waals surface area contributed by atoms with Gasteiger partial charge in [0.05, 0.1) is 0 Å². The Hall–Kier alpha value is -0.500. The smallest absolute Gasteiger partial charge is 0.100 e. The van der Waals surface area contributed by atoms with E-state index in [4.69, 9.17) is 23.2 Å². The quantitative estimate of drug-likeness (QED) is 0.633. The van der Waals surface area contributed by atoms with Crippen LogP contribution in [0.25, 0.3) is 11.1 Å². The van der Waals surface area contributed by atoms with E-state index in [1.165, 1.54) is 0 Å². The maximum atomic E-state index is 5.79. The summed E-state index contributed by atoms with van der Waals surface area (Å²) < 4.78 is 1.08. The van der Waals surface area contributed by atoms with Crippen molar-refractivity contribution >= 4 is 39.1 Å². The fourth-order valence-corrected chi connectivity index (χ4v) is 2.31. The molecule has 2 aromatic carbocycles. The SMILES string of the molecule is ClC(Cl)c1ccc(-c2ccccc2Br)cc1. The van der Waals surface area contributed by atoms with Gasteiger partial charge in [-0.15, -0.1) is 23.2 Å². The van der Waals surface area contributed by atoms with Crippen LogP contribution in [0, 0.1) is 0 Å². The summed E-state index contributed by atoms with van der Waals surface area (Å²) in [5.41, 5.74) is 3.22. The zero-order valence-electron chi connectivity index (χ0n) is 8.33. The Morgan fingerprint density at radius 2 is 1.50 bits per heavy atom. The number of benzene rings is 2. The van der Waals surface area contributed by atoms with Gasteiger partial charge in [0.1, 0.15) is 4.84 Å². The topological polar surface area (TPSA) is 0 Å². The van der Waals surface area contributed by atoms with Crippen molar-refractivity contribution < 1.29 is 0 Å². The molecule has 0 radical (unpaired) electrons. The monoisotopic (exact) mass is 314 g/mol. The molecule has 0 heterocycles. The van der Waals surface area contributed by atoms with E-state index in [1.54, 1.807) is 0 Å². The third-order valence-corrected chi connectivity index (χ3v) is 3.54. The van der Waals surface area contributed by atoms with Crippen molar-refractivity contribution in [3.05, 3.63) is 58.6 Å². The largest absolute Gasteiger partial charge is 0.132 e. The van der Waals surface area contributed by atoms with Crippen molar-refractivity contribution in [1.29, 1.82) is 0 Å². The lowest BCUT2D eigenvalue weighted by Crippen LogP contribution is -1.83. The van der Waals surface area contributed by atoms with E-state index in [-0.39, 0.29) is 0 Å². The molecule has 3 heteroatoms. The summed E-state index contributed by atoms with van der Waals surface area (Å²) in [6.07, 6.45) is 0. The molecule has 0 fully saturated rings. The van der Waals surface area contributed by atoms with Crippen LogP contribution in [0.15, 0.2) is 53.0 Å². The van der Waals surface area contributed by atoms with Gasteiger partial charge >= 0.3 is 0 Å². The minimum absolute atomic E-state index is 0.465. The van der Waals surface area contributed by atoms with Crippen molar-refractivity contribution in [3.63, 3.8) is 0 Å². The standard InChI is InChI=1S/C13H9BrCl2/c14-12-4-2-1-3-11(12)9-5-7-10(8-6-9)13(15)16/h1-8,13H. The molecule has 0 aliphatic carbocycles. The van der Waals surface area contributed by atoms with Crippen molar-refractivity contribution in [1.82, 2.24) is 0 Å². The van der Waals surface area contributed by atoms with Crippen molar-refractivity contribution in [3.8, 4) is 11.1 Å². The molecule has 0 unspecified atom stereocenters. The summed E-state index contributed by atoms with van der Waals surface area (Å²) in [6.45, 7) is 0. The van der Waals surface area contributed by atoms with E-state index in [9.17, 15) is 0 Å². The zero-order valence-corrected chi connectivity index (χ0v) is 11.4. The van der Waals surface area contributed by atoms with Crippen LogP contribution in [0.4, 0.5) is 0 Å². The minimum atomic E-state index is -0.465. The van der Waals surface area contributed by atoms with Gasteiger partial charge in [0.15, 0.2) is 0 Å². The van der Waals surface area contributed by atoms with E-state index < -0.39 is 4.84 Å². The maximum absolute atomic E-state index is 5.79. The van der Waals surface area contributed by atoms with Gasteiger partial charge in [-0.25, -0.2) is 0 Å². The Kier molecular flexibility index (Phi) is 3.91. The highest BCUT2D eigenvalue weighted by Crippen LogP contribution is 2.30. The number of rotatable bonds is 2. The van der Waals surface area contributed by atoms with Crippen LogP contribution >= 0.6 is 39.1 Å². The van der Waals surface area contributed by atoms with Crippen molar-refractivity contribution in [2.24, 2.45) is 0 Å². The Labute approximate surface area is 113 Å². The molecule has 0 aromatic heterocycles. The first-order valence-electron chi connectivity index (χ1n) is 4.81. The number of hydrogen-bond acceptors (Lipinski definition) is 0. The predicted molar refractivity (Wildman–Crippen MR) is 74.0 cm³/mol. The molecule has 0 aliphatic heterocycles. The average Bonchev–Trinajstić information content (AvgIpc) is 2.30. The first kappa shape index (κ1) is 12.0. The van der Waals surface area contributed by atoms with Crippen LogP contribution in [0.1, 0.15) is 10.4 Å². The molecule has 0 saturated heterocycles. The van der Waals surface area contributed by atoms with Gasteiger partial charge in [0.2, 0.25) is 0 Å². The van der Waals surface area contributed by atoms with E-state index in [0.29, 0.717) is 0 Å². The summed E-state index contributed by atoms with van der Waals surface area (Å²) >= 11 is 15.1. The summed E-state index contributed by atoms with van der Waals surface area (Å²) in [6, 6.07) is 16.0. The summed E-state index contributed by atoms with van der Waals surface area (Å²) in [5, 5.41) is 0. The van der Waals surface area contributed by atoms with Crippen LogP contribution in [-0.2, 0) is 0 Å². The minimum Gasteiger partial charge on any atom is -0.100 e. The lowest BCUT2D eigenvalue weighted by molar-refractivity contribution is 1.35. The second-order valence-corrected chi connectivity index (χ2v) is 5.35. The molecular formula is C13H9BrCl2. The van der Waals surface area contributed by atoms with Crippen LogP contribution < -0.4 is 0 Å². The molecule has 82 valence electrons. The number of hydrogen-bond donors (Lipinski definition) is 0. The Bertz CT molecular complexity index is 478. The molecule has 2 aromatic rings. The number of alkyl halides is 2. The molecule has 0 nitrogen and oxygen atoms in total. The van der Waals surface area contributed by atoms with E-state index in [1.807, 2.05) is 42.5 Å². The predicted octanol–water partition coefficient (Wildman–Crippen LogP) is 5.59. The van der Waals surface area contributed by atoms with Crippen molar-refractivity contribution in [2.75, 3.05) is 0 Å². The second-order valence-electron chi connectivity index (χ2n) is 3.40.